The molecule has 0 bridgehead atoms. The van der Waals surface area contributed by atoms with Crippen LogP contribution in [0.25, 0.3) is 0 Å². The molecule has 47 heavy (non-hydrogen) atoms. The first-order valence-electron chi connectivity index (χ1n) is 17.7. The number of likely N-dealkylation sites (N-methyl/N-ethyl adjacent to an activating group) is 1. The van der Waals surface area contributed by atoms with Crippen molar-refractivity contribution in [3.8, 4) is 5.75 Å². The SMILES string of the molecule is COc1ccc(Nc2ccc3c(n2)N(C2CCOCC2)[C@H](C)C(=O)N3C)cc1C(=O)N[C@H]1CC[C@H](N2CCN(CC3CC3)CC2)CC1. The van der Waals surface area contributed by atoms with Crippen LogP contribution >= 0.6 is 0 Å². The lowest BCUT2D eigenvalue weighted by Gasteiger charge is -2.44. The lowest BCUT2D eigenvalue weighted by Crippen LogP contribution is -2.56. The molecule has 3 aliphatic heterocycles. The number of pyridine rings is 1. The van der Waals surface area contributed by atoms with E-state index in [1.54, 1.807) is 12.0 Å². The average Bonchev–Trinajstić information content (AvgIpc) is 3.92. The van der Waals surface area contributed by atoms with Crippen molar-refractivity contribution in [3.63, 3.8) is 0 Å². The predicted octanol–water partition coefficient (Wildman–Crippen LogP) is 4.25. The van der Waals surface area contributed by atoms with Gasteiger partial charge in [0.25, 0.3) is 5.91 Å². The second-order valence-electron chi connectivity index (χ2n) is 14.2. The Kier molecular flexibility index (Phi) is 9.56. The van der Waals surface area contributed by atoms with Gasteiger partial charge in [-0.05, 0) is 94.5 Å². The van der Waals surface area contributed by atoms with Crippen molar-refractivity contribution < 1.29 is 19.1 Å². The van der Waals surface area contributed by atoms with E-state index in [1.165, 1.54) is 45.6 Å². The van der Waals surface area contributed by atoms with Gasteiger partial charge in [0.05, 0.1) is 18.4 Å². The van der Waals surface area contributed by atoms with Crippen molar-refractivity contribution in [1.29, 1.82) is 0 Å². The van der Waals surface area contributed by atoms with E-state index in [-0.39, 0.29) is 29.9 Å². The van der Waals surface area contributed by atoms with Crippen LogP contribution in [0.1, 0.15) is 68.6 Å². The van der Waals surface area contributed by atoms with Crippen molar-refractivity contribution in [1.82, 2.24) is 20.1 Å². The maximum Gasteiger partial charge on any atom is 0.255 e. The van der Waals surface area contributed by atoms with Gasteiger partial charge in [-0.3, -0.25) is 14.5 Å². The van der Waals surface area contributed by atoms with Gasteiger partial charge < -0.3 is 34.8 Å². The summed E-state index contributed by atoms with van der Waals surface area (Å²) in [5.74, 6) is 2.90. The molecule has 4 heterocycles. The normalized spacial score (nSPS) is 26.2. The minimum atomic E-state index is -0.313. The smallest absolute Gasteiger partial charge is 0.255 e. The molecule has 0 spiro atoms. The van der Waals surface area contributed by atoms with Gasteiger partial charge in [0.1, 0.15) is 17.6 Å². The van der Waals surface area contributed by atoms with Crippen molar-refractivity contribution in [2.45, 2.75) is 82.5 Å². The number of carbonyl (C=O) groups excluding carboxylic acids is 2. The van der Waals surface area contributed by atoms with Crippen LogP contribution in [0.5, 0.6) is 5.75 Å². The largest absolute Gasteiger partial charge is 0.496 e. The Hall–Kier alpha value is -3.41. The number of ether oxygens (including phenoxy) is 2. The number of hydrogen-bond acceptors (Lipinski definition) is 9. The molecule has 2 aromatic rings. The van der Waals surface area contributed by atoms with Gasteiger partial charge in [-0.15, -0.1) is 0 Å². The Balaban J connectivity index is 0.993. The maximum atomic E-state index is 13.6. The van der Waals surface area contributed by atoms with Crippen LogP contribution in [-0.2, 0) is 9.53 Å². The van der Waals surface area contributed by atoms with Gasteiger partial charge in [0, 0.05) is 76.8 Å². The van der Waals surface area contributed by atoms with E-state index in [2.05, 4.69) is 25.3 Å². The molecule has 7 rings (SSSR count). The van der Waals surface area contributed by atoms with Gasteiger partial charge in [-0.2, -0.15) is 0 Å². The summed E-state index contributed by atoms with van der Waals surface area (Å²) < 4.78 is 11.2. The first kappa shape index (κ1) is 32.2. The minimum Gasteiger partial charge on any atom is -0.496 e. The number of piperazine rings is 1. The third-order valence-corrected chi connectivity index (χ3v) is 11.0. The highest BCUT2D eigenvalue weighted by Gasteiger charge is 2.39. The molecule has 254 valence electrons. The minimum absolute atomic E-state index is 0.0628. The molecule has 2 N–H and O–H groups in total. The Labute approximate surface area is 278 Å². The van der Waals surface area contributed by atoms with Gasteiger partial charge in [0.2, 0.25) is 5.91 Å². The van der Waals surface area contributed by atoms with Crippen molar-refractivity contribution in [3.05, 3.63) is 35.9 Å². The summed E-state index contributed by atoms with van der Waals surface area (Å²) in [6.45, 7) is 9.35. The standard InChI is InChI=1S/C36H51N7O4/c1-24-36(45)40(2)31-11-13-33(39-34(31)43(24)29-14-20-47-21-15-29)37-27-8-12-32(46-3)30(22-27)35(44)38-26-6-9-28(10-7-26)42-18-16-41(17-19-42)23-25-4-5-25/h8,11-13,22,24-26,28-29H,4-7,9-10,14-21,23H2,1-3H3,(H,37,39)(H,38,44)/t24-,26-,28-/m1/s1. The fraction of sp³-hybridized carbons (Fsp3) is 0.639. The van der Waals surface area contributed by atoms with Crippen LogP contribution in [0.2, 0.25) is 0 Å². The van der Waals surface area contributed by atoms with Gasteiger partial charge in [-0.1, -0.05) is 0 Å². The molecule has 1 atom stereocenters. The zero-order chi connectivity index (χ0) is 32.5. The van der Waals surface area contributed by atoms with E-state index >= 15 is 0 Å². The Morgan fingerprint density at radius 2 is 1.70 bits per heavy atom. The molecule has 1 aromatic heterocycles. The lowest BCUT2D eigenvalue weighted by molar-refractivity contribution is -0.119. The van der Waals surface area contributed by atoms with Crippen LogP contribution in [-0.4, -0.2) is 111 Å². The summed E-state index contributed by atoms with van der Waals surface area (Å²) in [5, 5.41) is 6.73. The molecule has 11 heteroatoms. The summed E-state index contributed by atoms with van der Waals surface area (Å²) in [7, 11) is 3.41. The molecule has 4 fully saturated rings. The van der Waals surface area contributed by atoms with E-state index in [4.69, 9.17) is 14.5 Å². The highest BCUT2D eigenvalue weighted by Crippen LogP contribution is 2.39. The topological polar surface area (TPSA) is 103 Å². The number of amides is 2. The number of anilines is 4. The summed E-state index contributed by atoms with van der Waals surface area (Å²) in [5.41, 5.74) is 2.05. The number of rotatable bonds is 9. The monoisotopic (exact) mass is 645 g/mol. The number of carbonyl (C=O) groups is 2. The molecule has 2 saturated carbocycles. The average molecular weight is 646 g/mol. The molecule has 2 aliphatic carbocycles. The summed E-state index contributed by atoms with van der Waals surface area (Å²) in [6, 6.07) is 10.1. The first-order valence-corrected chi connectivity index (χ1v) is 17.7. The number of benzene rings is 1. The van der Waals surface area contributed by atoms with E-state index in [0.29, 0.717) is 36.4 Å². The van der Waals surface area contributed by atoms with Crippen LogP contribution in [0.4, 0.5) is 23.0 Å². The second-order valence-corrected chi connectivity index (χ2v) is 14.2. The van der Waals surface area contributed by atoms with Crippen molar-refractivity contribution in [2.24, 2.45) is 5.92 Å². The number of methoxy groups -OCH3 is 1. The van der Waals surface area contributed by atoms with Crippen LogP contribution in [0.15, 0.2) is 30.3 Å². The third-order valence-electron chi connectivity index (χ3n) is 11.0. The fourth-order valence-electron chi connectivity index (χ4n) is 8.05. The predicted molar refractivity (Wildman–Crippen MR) is 184 cm³/mol. The molecule has 2 amide bonds. The lowest BCUT2D eigenvalue weighted by atomic mass is 9.89. The zero-order valence-corrected chi connectivity index (χ0v) is 28.2. The van der Waals surface area contributed by atoms with Crippen LogP contribution in [0, 0.1) is 5.92 Å². The number of nitrogens with one attached hydrogen (secondary N) is 2. The van der Waals surface area contributed by atoms with Crippen LogP contribution in [0.3, 0.4) is 0 Å². The molecule has 11 nitrogen and oxygen atoms in total. The summed E-state index contributed by atoms with van der Waals surface area (Å²) in [6.07, 6.45) is 8.80. The van der Waals surface area contributed by atoms with E-state index in [9.17, 15) is 9.59 Å². The second kappa shape index (κ2) is 14.0. The fourth-order valence-corrected chi connectivity index (χ4v) is 8.05. The number of aromatic nitrogens is 1. The first-order chi connectivity index (χ1) is 22.9. The highest BCUT2D eigenvalue weighted by molar-refractivity contribution is 6.04. The maximum absolute atomic E-state index is 13.6. The third kappa shape index (κ3) is 7.07. The summed E-state index contributed by atoms with van der Waals surface area (Å²) in [4.78, 5) is 41.0. The molecule has 0 radical (unpaired) electrons. The van der Waals surface area contributed by atoms with E-state index in [0.717, 1.165) is 61.6 Å². The molecule has 5 aliphatic rings. The molecule has 1 aromatic carbocycles. The van der Waals surface area contributed by atoms with Gasteiger partial charge in [-0.25, -0.2) is 4.98 Å². The van der Waals surface area contributed by atoms with Crippen LogP contribution < -0.4 is 25.2 Å². The molecular formula is C36H51N7O4. The van der Waals surface area contributed by atoms with E-state index in [1.807, 2.05) is 44.3 Å². The molecular weight excluding hydrogens is 594 g/mol. The Bertz CT molecular complexity index is 1430. The number of hydrogen-bond donors (Lipinski definition) is 2. The molecule has 2 saturated heterocycles. The Morgan fingerprint density at radius 3 is 2.40 bits per heavy atom. The zero-order valence-electron chi connectivity index (χ0n) is 28.2. The van der Waals surface area contributed by atoms with Gasteiger partial charge in [0.15, 0.2) is 5.82 Å². The van der Waals surface area contributed by atoms with E-state index < -0.39 is 0 Å². The quantitative estimate of drug-likeness (QED) is 0.415. The number of fused-ring (bicyclic) bond motifs is 1. The number of nitrogens with zero attached hydrogens (tertiary/aromatic N) is 5. The van der Waals surface area contributed by atoms with Crippen molar-refractivity contribution >= 4 is 34.8 Å². The molecule has 0 unspecified atom stereocenters. The van der Waals surface area contributed by atoms with Gasteiger partial charge >= 0.3 is 0 Å². The highest BCUT2D eigenvalue weighted by atomic mass is 16.5. The Morgan fingerprint density at radius 1 is 0.957 bits per heavy atom. The summed E-state index contributed by atoms with van der Waals surface area (Å²) >= 11 is 0. The van der Waals surface area contributed by atoms with Crippen molar-refractivity contribution in [2.75, 3.05) is 75.2 Å².